The van der Waals surface area contributed by atoms with Crippen molar-refractivity contribution >= 4 is 29.2 Å². The summed E-state index contributed by atoms with van der Waals surface area (Å²) in [5, 5.41) is 6.00. The van der Waals surface area contributed by atoms with E-state index in [1.165, 1.54) is 47.3 Å². The minimum Gasteiger partial charge on any atom is -1.00 e. The SMILES string of the molecule is Cc1cccc([Si](C2=C(c3ccccc3)[C]([Ti+3])=CC2)(c2cccc(C)c2)c2cccc(C)c2)c1.[Cl-].[Cl-].[Cl-]. The zero-order valence-electron chi connectivity index (χ0n) is 21.2. The van der Waals surface area contributed by atoms with Crippen LogP contribution in [-0.2, 0) is 20.4 Å². The molecule has 0 radical (unpaired) electrons. The minimum atomic E-state index is -2.55. The molecule has 0 bridgehead atoms. The van der Waals surface area contributed by atoms with E-state index in [0.717, 1.165) is 6.42 Å². The number of aryl methyl sites for hydroxylation is 3. The molecule has 0 nitrogen and oxygen atoms in total. The second kappa shape index (κ2) is 13.3. The summed E-state index contributed by atoms with van der Waals surface area (Å²) >= 11 is 2.29. The molecule has 0 unspecified atom stereocenters. The summed E-state index contributed by atoms with van der Waals surface area (Å²) in [4.78, 5) is 0. The number of hydrogen-bond acceptors (Lipinski definition) is 0. The first-order valence-electron chi connectivity index (χ1n) is 11.9. The van der Waals surface area contributed by atoms with Gasteiger partial charge in [0.15, 0.2) is 0 Å². The summed E-state index contributed by atoms with van der Waals surface area (Å²) in [5.41, 5.74) is 6.73. The molecular formula is C32H29Cl3SiTi. The molecule has 1 aliphatic carbocycles. The van der Waals surface area contributed by atoms with E-state index < -0.39 is 8.07 Å². The average Bonchev–Trinajstić information content (AvgIpc) is 3.22. The van der Waals surface area contributed by atoms with Crippen LogP contribution >= 0.6 is 0 Å². The molecule has 0 saturated carbocycles. The van der Waals surface area contributed by atoms with E-state index in [4.69, 9.17) is 0 Å². The third-order valence-electron chi connectivity index (χ3n) is 6.95. The van der Waals surface area contributed by atoms with Crippen LogP contribution in [0.3, 0.4) is 0 Å². The maximum absolute atomic E-state index is 2.55. The van der Waals surface area contributed by atoms with Crippen molar-refractivity contribution in [3.8, 4) is 0 Å². The quantitative estimate of drug-likeness (QED) is 0.170. The van der Waals surface area contributed by atoms with Gasteiger partial charge >= 0.3 is 217 Å². The molecule has 5 rings (SSSR count). The smallest absolute Gasteiger partial charge is 1.00 e. The number of hydrogen-bond donors (Lipinski definition) is 0. The van der Waals surface area contributed by atoms with Gasteiger partial charge in [-0.25, -0.2) is 0 Å². The molecule has 0 atom stereocenters. The topological polar surface area (TPSA) is 0 Å². The van der Waals surface area contributed by atoms with E-state index in [2.05, 4.69) is 150 Å². The molecule has 4 aromatic carbocycles. The fourth-order valence-electron chi connectivity index (χ4n) is 5.50. The van der Waals surface area contributed by atoms with Crippen molar-refractivity contribution < 1.29 is 57.7 Å². The summed E-state index contributed by atoms with van der Waals surface area (Å²) in [6.07, 6.45) is 3.44. The Bertz CT molecular complexity index is 1320. The minimum absolute atomic E-state index is 0. The maximum atomic E-state index is 2.45. The molecule has 5 heteroatoms. The molecule has 1 aliphatic rings. The predicted octanol–water partition coefficient (Wildman–Crippen LogP) is -3.08. The van der Waals surface area contributed by atoms with Crippen LogP contribution in [0.15, 0.2) is 118 Å². The van der Waals surface area contributed by atoms with Crippen molar-refractivity contribution in [1.29, 1.82) is 0 Å². The Labute approximate surface area is 253 Å². The van der Waals surface area contributed by atoms with Crippen LogP contribution in [0.5, 0.6) is 0 Å². The normalized spacial score (nSPS) is 12.7. The van der Waals surface area contributed by atoms with Gasteiger partial charge < -0.3 is 37.2 Å². The van der Waals surface area contributed by atoms with Crippen molar-refractivity contribution in [2.24, 2.45) is 0 Å². The third kappa shape index (κ3) is 5.93. The van der Waals surface area contributed by atoms with Gasteiger partial charge in [-0.2, -0.15) is 0 Å². The van der Waals surface area contributed by atoms with E-state index >= 15 is 0 Å². The Morgan fingerprint density at radius 1 is 0.568 bits per heavy atom. The fraction of sp³-hybridized carbons (Fsp3) is 0.125. The third-order valence-corrected chi connectivity index (χ3v) is 12.5. The van der Waals surface area contributed by atoms with Crippen molar-refractivity contribution in [2.75, 3.05) is 0 Å². The largest absolute Gasteiger partial charge is 1.00 e. The molecule has 4 aromatic rings. The van der Waals surface area contributed by atoms with E-state index in [-0.39, 0.29) is 37.2 Å². The molecule has 37 heavy (non-hydrogen) atoms. The maximum Gasteiger partial charge on any atom is -1.00 e. The van der Waals surface area contributed by atoms with E-state index in [1.807, 2.05) is 0 Å². The van der Waals surface area contributed by atoms with Crippen molar-refractivity contribution in [2.45, 2.75) is 27.2 Å². The van der Waals surface area contributed by atoms with Gasteiger partial charge in [0.25, 0.3) is 0 Å². The molecule has 0 saturated heterocycles. The van der Waals surface area contributed by atoms with E-state index in [1.54, 1.807) is 5.20 Å². The number of benzene rings is 4. The van der Waals surface area contributed by atoms with Gasteiger partial charge in [0.1, 0.15) is 0 Å². The second-order valence-electron chi connectivity index (χ2n) is 9.40. The Hall–Kier alpha value is -1.84. The molecule has 0 aromatic heterocycles. The first-order chi connectivity index (χ1) is 16.5. The van der Waals surface area contributed by atoms with Crippen LogP contribution in [0.1, 0.15) is 28.7 Å². The Morgan fingerprint density at radius 3 is 1.41 bits per heavy atom. The fourth-order valence-corrected chi connectivity index (χ4v) is 11.8. The first-order valence-corrected chi connectivity index (χ1v) is 14.7. The van der Waals surface area contributed by atoms with Gasteiger partial charge in [-0.3, -0.25) is 0 Å². The zero-order chi connectivity index (χ0) is 23.7. The Kier molecular flexibility index (Phi) is 11.3. The molecule has 0 heterocycles. The van der Waals surface area contributed by atoms with Crippen molar-refractivity contribution in [3.63, 3.8) is 0 Å². The predicted molar refractivity (Wildman–Crippen MR) is 144 cm³/mol. The standard InChI is InChI=1S/C32H29Si.3ClH.Ti/c1-24-11-7-16-28(21-24)33(29-17-8-12-25(2)22-29,30-18-9-13-26(3)23-30)32-20-10-19-31(32)27-14-5-4-6-15-27;;;;/h4-18,21-23H,20H2,1-3H3;3*1H;/q;;;;+3/p-3. The van der Waals surface area contributed by atoms with Crippen LogP contribution in [0.4, 0.5) is 0 Å². The van der Waals surface area contributed by atoms with Gasteiger partial charge in [0, 0.05) is 0 Å². The van der Waals surface area contributed by atoms with Crippen LogP contribution in [0.25, 0.3) is 5.57 Å². The summed E-state index contributed by atoms with van der Waals surface area (Å²) in [6.45, 7) is 6.67. The molecular weight excluding hydrogens is 567 g/mol. The Balaban J connectivity index is 0.00000160. The first kappa shape index (κ1) is 31.4. The van der Waals surface area contributed by atoms with Crippen LogP contribution in [0.2, 0.25) is 0 Å². The zero-order valence-corrected chi connectivity index (χ0v) is 26.1. The number of allylic oxidation sites excluding steroid dienone is 4. The summed E-state index contributed by atoms with van der Waals surface area (Å²) in [5.74, 6) is 0. The van der Waals surface area contributed by atoms with Gasteiger partial charge in [0.2, 0.25) is 0 Å². The van der Waals surface area contributed by atoms with Crippen LogP contribution in [-0.4, -0.2) is 8.07 Å². The number of halogens is 3. The van der Waals surface area contributed by atoms with Gasteiger partial charge in [-0.05, 0) is 0 Å². The average molecular weight is 596 g/mol. The molecule has 0 aliphatic heterocycles. The summed E-state index contributed by atoms with van der Waals surface area (Å²) in [6, 6.07) is 38.9. The van der Waals surface area contributed by atoms with Crippen molar-refractivity contribution in [3.05, 3.63) is 141 Å². The molecule has 186 valence electrons. The van der Waals surface area contributed by atoms with E-state index in [0.29, 0.717) is 0 Å². The van der Waals surface area contributed by atoms with Gasteiger partial charge in [0.05, 0.1) is 0 Å². The Morgan fingerprint density at radius 2 is 1.00 bits per heavy atom. The molecule has 0 N–H and O–H groups in total. The summed E-state index contributed by atoms with van der Waals surface area (Å²) < 4.78 is 1.39. The van der Waals surface area contributed by atoms with Crippen LogP contribution in [0, 0.1) is 20.8 Å². The van der Waals surface area contributed by atoms with Crippen LogP contribution < -0.4 is 52.8 Å². The molecule has 0 fully saturated rings. The van der Waals surface area contributed by atoms with Gasteiger partial charge in [-0.15, -0.1) is 0 Å². The molecule has 0 spiro atoms. The summed E-state index contributed by atoms with van der Waals surface area (Å²) in [7, 11) is -2.55. The second-order valence-corrected chi connectivity index (χ2v) is 14.1. The van der Waals surface area contributed by atoms with E-state index in [9.17, 15) is 0 Å². The van der Waals surface area contributed by atoms with Crippen molar-refractivity contribution in [1.82, 2.24) is 0 Å². The number of rotatable bonds is 5. The molecule has 0 amide bonds. The monoisotopic (exact) mass is 594 g/mol. The van der Waals surface area contributed by atoms with Gasteiger partial charge in [-0.1, -0.05) is 0 Å².